The van der Waals surface area contributed by atoms with E-state index in [0.717, 1.165) is 12.8 Å². The lowest BCUT2D eigenvalue weighted by molar-refractivity contribution is -0.120. The Morgan fingerprint density at radius 2 is 1.95 bits per heavy atom. The van der Waals surface area contributed by atoms with E-state index in [1.807, 2.05) is 19.2 Å². The van der Waals surface area contributed by atoms with Crippen LogP contribution in [-0.4, -0.2) is 30.4 Å². The summed E-state index contributed by atoms with van der Waals surface area (Å²) in [4.78, 5) is 23.8. The quantitative estimate of drug-likeness (QED) is 0.712. The molecule has 0 saturated heterocycles. The van der Waals surface area contributed by atoms with Crippen LogP contribution in [0.15, 0.2) is 17.5 Å². The molecule has 0 radical (unpaired) electrons. The minimum absolute atomic E-state index is 0. The topological polar surface area (TPSA) is 84.2 Å². The Balaban J connectivity index is 0.00000361. The summed E-state index contributed by atoms with van der Waals surface area (Å²) >= 11 is 1.34. The Morgan fingerprint density at radius 1 is 1.30 bits per heavy atom. The molecule has 1 aromatic rings. The molecule has 1 heterocycles. The van der Waals surface area contributed by atoms with Crippen molar-refractivity contribution in [2.75, 3.05) is 13.1 Å². The summed E-state index contributed by atoms with van der Waals surface area (Å²) in [5.41, 5.74) is 5.71. The maximum atomic E-state index is 11.6. The molecule has 0 fully saturated rings. The van der Waals surface area contributed by atoms with Crippen molar-refractivity contribution < 1.29 is 9.59 Å². The number of carbonyl (C=O) groups excluding carboxylic acids is 2. The second-order valence-corrected chi connectivity index (χ2v) is 5.45. The van der Waals surface area contributed by atoms with Crippen molar-refractivity contribution in [3.8, 4) is 0 Å². The maximum Gasteiger partial charge on any atom is 0.261 e. The highest BCUT2D eigenvalue weighted by Gasteiger charge is 2.20. The van der Waals surface area contributed by atoms with E-state index < -0.39 is 0 Å². The normalized spacial score (nSPS) is 10.6. The van der Waals surface area contributed by atoms with Gasteiger partial charge in [0.2, 0.25) is 5.91 Å². The van der Waals surface area contributed by atoms with Crippen LogP contribution >= 0.6 is 23.7 Å². The molecule has 0 aliphatic heterocycles. The van der Waals surface area contributed by atoms with Crippen LogP contribution in [0.1, 0.15) is 36.4 Å². The molecular formula is C13H22ClN3O2S. The molecule has 1 aromatic heterocycles. The van der Waals surface area contributed by atoms with E-state index in [2.05, 4.69) is 10.6 Å². The average Bonchev–Trinajstić information content (AvgIpc) is 2.96. The Hall–Kier alpha value is -1.11. The third-order valence-corrected chi connectivity index (χ3v) is 4.07. The number of hydrogen-bond acceptors (Lipinski definition) is 4. The van der Waals surface area contributed by atoms with E-state index in [0.29, 0.717) is 11.4 Å². The van der Waals surface area contributed by atoms with Gasteiger partial charge in [-0.1, -0.05) is 19.9 Å². The van der Waals surface area contributed by atoms with Crippen LogP contribution in [0.2, 0.25) is 0 Å². The summed E-state index contributed by atoms with van der Waals surface area (Å²) in [6.45, 7) is 4.39. The monoisotopic (exact) mass is 319 g/mol. The average molecular weight is 320 g/mol. The molecule has 0 aliphatic rings. The van der Waals surface area contributed by atoms with Gasteiger partial charge >= 0.3 is 0 Å². The second-order valence-electron chi connectivity index (χ2n) is 4.51. The Kier molecular flexibility index (Phi) is 8.45. The molecule has 0 aromatic carbocycles. The molecule has 7 heteroatoms. The third kappa shape index (κ3) is 5.90. The van der Waals surface area contributed by atoms with Crippen molar-refractivity contribution in [2.45, 2.75) is 32.2 Å². The minimum atomic E-state index is -0.368. The van der Waals surface area contributed by atoms with E-state index in [4.69, 9.17) is 5.73 Å². The highest BCUT2D eigenvalue weighted by Crippen LogP contribution is 2.09. The highest BCUT2D eigenvalue weighted by atomic mass is 35.5. The summed E-state index contributed by atoms with van der Waals surface area (Å²) in [5, 5.41) is 7.15. The molecular weight excluding hydrogens is 298 g/mol. The van der Waals surface area contributed by atoms with Gasteiger partial charge in [-0.15, -0.1) is 23.7 Å². The largest absolute Gasteiger partial charge is 0.353 e. The molecule has 0 bridgehead atoms. The first-order valence-electron chi connectivity index (χ1n) is 6.38. The van der Waals surface area contributed by atoms with Gasteiger partial charge < -0.3 is 16.4 Å². The zero-order valence-corrected chi connectivity index (χ0v) is 13.4. The van der Waals surface area contributed by atoms with Crippen LogP contribution in [0.3, 0.4) is 0 Å². The standard InChI is InChI=1S/C13H21N3O2S.ClH/c1-3-13(14,4-2)9-16-11(17)8-15-12(18)10-6-5-7-19-10;/h5-7H,3-4,8-9,14H2,1-2H3,(H,15,18)(H,16,17);1H. The predicted molar refractivity (Wildman–Crippen MR) is 84.4 cm³/mol. The number of hydrogen-bond donors (Lipinski definition) is 3. The fourth-order valence-corrected chi connectivity index (χ4v) is 2.13. The molecule has 114 valence electrons. The fraction of sp³-hybridized carbons (Fsp3) is 0.538. The third-order valence-electron chi connectivity index (χ3n) is 3.20. The van der Waals surface area contributed by atoms with Gasteiger partial charge in [0.15, 0.2) is 0 Å². The maximum absolute atomic E-state index is 11.6. The van der Waals surface area contributed by atoms with Crippen molar-refractivity contribution in [3.05, 3.63) is 22.4 Å². The zero-order valence-electron chi connectivity index (χ0n) is 11.8. The first-order valence-corrected chi connectivity index (χ1v) is 7.26. The van der Waals surface area contributed by atoms with Crippen molar-refractivity contribution in [1.29, 1.82) is 0 Å². The molecule has 1 rings (SSSR count). The number of rotatable bonds is 7. The highest BCUT2D eigenvalue weighted by molar-refractivity contribution is 7.12. The van der Waals surface area contributed by atoms with Crippen molar-refractivity contribution in [2.24, 2.45) is 5.73 Å². The van der Waals surface area contributed by atoms with E-state index in [9.17, 15) is 9.59 Å². The van der Waals surface area contributed by atoms with Gasteiger partial charge in [-0.05, 0) is 24.3 Å². The number of nitrogens with two attached hydrogens (primary N) is 1. The van der Waals surface area contributed by atoms with E-state index in [1.165, 1.54) is 11.3 Å². The molecule has 0 unspecified atom stereocenters. The molecule has 0 atom stereocenters. The number of halogens is 1. The van der Waals surface area contributed by atoms with E-state index in [-0.39, 0.29) is 36.3 Å². The van der Waals surface area contributed by atoms with Crippen molar-refractivity contribution in [3.63, 3.8) is 0 Å². The van der Waals surface area contributed by atoms with Crippen molar-refractivity contribution in [1.82, 2.24) is 10.6 Å². The summed E-state index contributed by atoms with van der Waals surface area (Å²) in [6, 6.07) is 3.52. The lowest BCUT2D eigenvalue weighted by atomic mass is 9.94. The van der Waals surface area contributed by atoms with Gasteiger partial charge in [0.05, 0.1) is 11.4 Å². The van der Waals surface area contributed by atoms with Gasteiger partial charge in [0, 0.05) is 12.1 Å². The zero-order chi connectivity index (χ0) is 14.3. The first-order chi connectivity index (χ1) is 9.00. The summed E-state index contributed by atoms with van der Waals surface area (Å²) in [6.07, 6.45) is 1.59. The molecule has 20 heavy (non-hydrogen) atoms. The van der Waals surface area contributed by atoms with Crippen LogP contribution in [-0.2, 0) is 4.79 Å². The van der Waals surface area contributed by atoms with Crippen LogP contribution < -0.4 is 16.4 Å². The van der Waals surface area contributed by atoms with Crippen LogP contribution in [0.4, 0.5) is 0 Å². The molecule has 2 amide bonds. The molecule has 0 spiro atoms. The van der Waals surface area contributed by atoms with Gasteiger partial charge in [0.1, 0.15) is 0 Å². The minimum Gasteiger partial charge on any atom is -0.353 e. The number of carbonyl (C=O) groups is 2. The Bertz CT molecular complexity index is 419. The second kappa shape index (κ2) is 8.94. The number of thiophene rings is 1. The summed E-state index contributed by atoms with van der Waals surface area (Å²) in [7, 11) is 0. The van der Waals surface area contributed by atoms with Gasteiger partial charge in [-0.25, -0.2) is 0 Å². The Labute approximate surface area is 129 Å². The van der Waals surface area contributed by atoms with E-state index >= 15 is 0 Å². The Morgan fingerprint density at radius 3 is 2.45 bits per heavy atom. The molecule has 0 aliphatic carbocycles. The number of nitrogens with one attached hydrogen (secondary N) is 2. The van der Waals surface area contributed by atoms with E-state index in [1.54, 1.807) is 12.1 Å². The van der Waals surface area contributed by atoms with Gasteiger partial charge in [-0.3, -0.25) is 9.59 Å². The van der Waals surface area contributed by atoms with Crippen LogP contribution in [0.25, 0.3) is 0 Å². The van der Waals surface area contributed by atoms with Gasteiger partial charge in [0.25, 0.3) is 5.91 Å². The van der Waals surface area contributed by atoms with Crippen LogP contribution in [0, 0.1) is 0 Å². The van der Waals surface area contributed by atoms with Crippen molar-refractivity contribution >= 4 is 35.6 Å². The lowest BCUT2D eigenvalue weighted by Gasteiger charge is -2.26. The SMILES string of the molecule is CCC(N)(CC)CNC(=O)CNC(=O)c1cccs1.Cl. The fourth-order valence-electron chi connectivity index (χ4n) is 1.49. The predicted octanol–water partition coefficient (Wildman–Crippen LogP) is 1.53. The first kappa shape index (κ1) is 18.9. The molecule has 4 N–H and O–H groups in total. The lowest BCUT2D eigenvalue weighted by Crippen LogP contribution is -2.50. The summed E-state index contributed by atoms with van der Waals surface area (Å²) < 4.78 is 0. The molecule has 5 nitrogen and oxygen atoms in total. The summed E-state index contributed by atoms with van der Waals surface area (Å²) in [5.74, 6) is -0.447. The van der Waals surface area contributed by atoms with Gasteiger partial charge in [-0.2, -0.15) is 0 Å². The van der Waals surface area contributed by atoms with Crippen LogP contribution in [0.5, 0.6) is 0 Å². The molecule has 0 saturated carbocycles. The number of amides is 2. The smallest absolute Gasteiger partial charge is 0.261 e.